The van der Waals surface area contributed by atoms with Crippen molar-refractivity contribution in [1.29, 1.82) is 0 Å². The Balaban J connectivity index is 1.55. The van der Waals surface area contributed by atoms with Crippen LogP contribution in [-0.4, -0.2) is 12.2 Å². The van der Waals surface area contributed by atoms with Gasteiger partial charge in [-0.2, -0.15) is 0 Å². The molecule has 32 heavy (non-hydrogen) atoms. The number of thiophene rings is 1. The van der Waals surface area contributed by atoms with Gasteiger partial charge in [0.25, 0.3) is 0 Å². The van der Waals surface area contributed by atoms with Crippen molar-refractivity contribution in [3.63, 3.8) is 0 Å². The number of aliphatic imine (C=N–C) groups is 1. The monoisotopic (exact) mass is 459 g/mol. The molecule has 0 bridgehead atoms. The summed E-state index contributed by atoms with van der Waals surface area (Å²) in [4.78, 5) is 17.8. The van der Waals surface area contributed by atoms with Crippen molar-refractivity contribution in [2.45, 2.75) is 0 Å². The minimum absolute atomic E-state index is 0.330. The Morgan fingerprint density at radius 1 is 0.906 bits per heavy atom. The number of hydrogen-bond donors (Lipinski definition) is 0. The average Bonchev–Trinajstić information content (AvgIpc) is 3.16. The standard InChI is InChI=1S/C26H15ClFNO2S/c27-24-20-7-3-4-8-23(20)32-25(24)26(30)31-22-14-9-16-5-1-2-6-19(16)21(22)15-29-18-12-10-17(28)11-13-18/h1-15H. The molecule has 5 aromatic rings. The van der Waals surface area contributed by atoms with Gasteiger partial charge in [0.15, 0.2) is 0 Å². The molecule has 3 nitrogen and oxygen atoms in total. The van der Waals surface area contributed by atoms with Gasteiger partial charge in [-0.05, 0) is 47.2 Å². The average molecular weight is 460 g/mol. The Hall–Kier alpha value is -3.54. The third-order valence-corrected chi connectivity index (χ3v) is 6.68. The van der Waals surface area contributed by atoms with Gasteiger partial charge in [0.1, 0.15) is 16.4 Å². The predicted octanol–water partition coefficient (Wildman–Crippen LogP) is 7.82. The van der Waals surface area contributed by atoms with E-state index in [9.17, 15) is 9.18 Å². The maximum Gasteiger partial charge on any atom is 0.355 e. The van der Waals surface area contributed by atoms with Crippen molar-refractivity contribution in [1.82, 2.24) is 0 Å². The molecule has 0 amide bonds. The smallest absolute Gasteiger partial charge is 0.355 e. The molecule has 0 aliphatic rings. The van der Waals surface area contributed by atoms with Crippen LogP contribution in [0.15, 0.2) is 89.9 Å². The summed E-state index contributed by atoms with van der Waals surface area (Å²) in [6, 6.07) is 24.8. The zero-order chi connectivity index (χ0) is 22.1. The van der Waals surface area contributed by atoms with Gasteiger partial charge in [0, 0.05) is 21.9 Å². The van der Waals surface area contributed by atoms with E-state index in [0.29, 0.717) is 26.9 Å². The lowest BCUT2D eigenvalue weighted by Gasteiger charge is -2.10. The molecule has 6 heteroatoms. The van der Waals surface area contributed by atoms with E-state index in [1.54, 1.807) is 24.4 Å². The molecular formula is C26H15ClFNO2S. The van der Waals surface area contributed by atoms with E-state index in [4.69, 9.17) is 16.3 Å². The Morgan fingerprint density at radius 3 is 2.41 bits per heavy atom. The van der Waals surface area contributed by atoms with E-state index < -0.39 is 5.97 Å². The van der Waals surface area contributed by atoms with E-state index in [-0.39, 0.29) is 5.82 Å². The van der Waals surface area contributed by atoms with Crippen LogP contribution in [0, 0.1) is 5.82 Å². The van der Waals surface area contributed by atoms with Gasteiger partial charge in [-0.1, -0.05) is 60.1 Å². The molecular weight excluding hydrogens is 445 g/mol. The summed E-state index contributed by atoms with van der Waals surface area (Å²) >= 11 is 7.76. The van der Waals surface area contributed by atoms with Crippen LogP contribution in [0.25, 0.3) is 20.9 Å². The van der Waals surface area contributed by atoms with E-state index in [1.165, 1.54) is 23.5 Å². The summed E-state index contributed by atoms with van der Waals surface area (Å²) in [6.07, 6.45) is 1.63. The fraction of sp³-hybridized carbons (Fsp3) is 0. The van der Waals surface area contributed by atoms with Gasteiger partial charge in [-0.3, -0.25) is 4.99 Å². The number of rotatable bonds is 4. The highest BCUT2D eigenvalue weighted by molar-refractivity contribution is 7.21. The summed E-state index contributed by atoms with van der Waals surface area (Å²) in [7, 11) is 0. The lowest BCUT2D eigenvalue weighted by Crippen LogP contribution is -2.09. The first-order valence-corrected chi connectivity index (χ1v) is 11.0. The second kappa shape index (κ2) is 8.54. The molecule has 4 aromatic carbocycles. The van der Waals surface area contributed by atoms with Crippen molar-refractivity contribution in [2.75, 3.05) is 0 Å². The molecule has 1 heterocycles. The number of carbonyl (C=O) groups is 1. The SMILES string of the molecule is O=C(Oc1ccc2ccccc2c1C=Nc1ccc(F)cc1)c1sc2ccccc2c1Cl. The van der Waals surface area contributed by atoms with Crippen LogP contribution in [0.4, 0.5) is 10.1 Å². The van der Waals surface area contributed by atoms with Crippen molar-refractivity contribution in [3.8, 4) is 5.75 Å². The van der Waals surface area contributed by atoms with E-state index in [1.807, 2.05) is 54.6 Å². The molecule has 5 rings (SSSR count). The van der Waals surface area contributed by atoms with Crippen molar-refractivity contribution in [3.05, 3.63) is 106 Å². The van der Waals surface area contributed by atoms with Gasteiger partial charge in [0.05, 0.1) is 10.7 Å². The van der Waals surface area contributed by atoms with Crippen LogP contribution in [0.5, 0.6) is 5.75 Å². The fourth-order valence-corrected chi connectivity index (χ4v) is 4.84. The largest absolute Gasteiger partial charge is 0.422 e. The van der Waals surface area contributed by atoms with Crippen LogP contribution in [-0.2, 0) is 0 Å². The van der Waals surface area contributed by atoms with Gasteiger partial charge < -0.3 is 4.74 Å². The number of benzene rings is 4. The first kappa shape index (κ1) is 20.4. The van der Waals surface area contributed by atoms with Crippen molar-refractivity contribution in [2.24, 2.45) is 4.99 Å². The molecule has 1 aromatic heterocycles. The van der Waals surface area contributed by atoms with Crippen molar-refractivity contribution >= 4 is 61.7 Å². The van der Waals surface area contributed by atoms with E-state index in [0.717, 1.165) is 20.9 Å². The minimum atomic E-state index is -0.525. The molecule has 0 N–H and O–H groups in total. The summed E-state index contributed by atoms with van der Waals surface area (Å²) in [5.74, 6) is -0.486. The second-order valence-corrected chi connectivity index (χ2v) is 8.49. The van der Waals surface area contributed by atoms with Gasteiger partial charge >= 0.3 is 5.97 Å². The van der Waals surface area contributed by atoms with Crippen LogP contribution >= 0.6 is 22.9 Å². The molecule has 0 saturated heterocycles. The molecule has 0 saturated carbocycles. The lowest BCUT2D eigenvalue weighted by molar-refractivity contribution is 0.0740. The Bertz CT molecular complexity index is 1490. The molecule has 0 atom stereocenters. The zero-order valence-electron chi connectivity index (χ0n) is 16.6. The minimum Gasteiger partial charge on any atom is -0.422 e. The first-order chi connectivity index (χ1) is 15.6. The molecule has 0 unspecified atom stereocenters. The number of ether oxygens (including phenoxy) is 1. The van der Waals surface area contributed by atoms with Gasteiger partial charge in [-0.15, -0.1) is 11.3 Å². The number of halogens is 2. The summed E-state index contributed by atoms with van der Waals surface area (Å²) in [5.41, 5.74) is 1.24. The Morgan fingerprint density at radius 2 is 1.62 bits per heavy atom. The topological polar surface area (TPSA) is 38.7 Å². The molecule has 156 valence electrons. The number of esters is 1. The van der Waals surface area contributed by atoms with Gasteiger partial charge in [-0.25, -0.2) is 9.18 Å². The molecule has 0 aliphatic carbocycles. The first-order valence-electron chi connectivity index (χ1n) is 9.81. The maximum atomic E-state index is 13.2. The molecule has 0 spiro atoms. The van der Waals surface area contributed by atoms with E-state index >= 15 is 0 Å². The predicted molar refractivity (Wildman–Crippen MR) is 129 cm³/mol. The molecule has 0 fully saturated rings. The zero-order valence-corrected chi connectivity index (χ0v) is 18.2. The summed E-state index contributed by atoms with van der Waals surface area (Å²) in [5, 5.41) is 3.07. The fourth-order valence-electron chi connectivity index (χ4n) is 3.46. The lowest BCUT2D eigenvalue weighted by atomic mass is 10.0. The van der Waals surface area contributed by atoms with Crippen LogP contribution in [0.2, 0.25) is 5.02 Å². The van der Waals surface area contributed by atoms with Gasteiger partial charge in [0.2, 0.25) is 0 Å². The van der Waals surface area contributed by atoms with E-state index in [2.05, 4.69) is 4.99 Å². The van der Waals surface area contributed by atoms with Crippen molar-refractivity contribution < 1.29 is 13.9 Å². The quantitative estimate of drug-likeness (QED) is 0.156. The maximum absolute atomic E-state index is 13.2. The van der Waals surface area contributed by atoms with Crippen LogP contribution in [0.3, 0.4) is 0 Å². The third-order valence-electron chi connectivity index (χ3n) is 5.02. The second-order valence-electron chi connectivity index (χ2n) is 7.06. The number of nitrogens with zero attached hydrogens (tertiary/aromatic N) is 1. The summed E-state index contributed by atoms with van der Waals surface area (Å²) in [6.45, 7) is 0. The highest BCUT2D eigenvalue weighted by atomic mass is 35.5. The van der Waals surface area contributed by atoms with Crippen LogP contribution in [0.1, 0.15) is 15.2 Å². The highest BCUT2D eigenvalue weighted by Gasteiger charge is 2.20. The Labute approximate surface area is 192 Å². The Kier molecular flexibility index (Phi) is 5.43. The number of hydrogen-bond acceptors (Lipinski definition) is 4. The molecule has 0 aliphatic heterocycles. The highest BCUT2D eigenvalue weighted by Crippen LogP contribution is 2.36. The summed E-state index contributed by atoms with van der Waals surface area (Å²) < 4.78 is 19.9. The normalized spacial score (nSPS) is 11.4. The third kappa shape index (κ3) is 3.88. The number of carbonyl (C=O) groups excluding carboxylic acids is 1. The molecule has 0 radical (unpaired) electrons. The number of fused-ring (bicyclic) bond motifs is 2. The van der Waals surface area contributed by atoms with Crippen LogP contribution < -0.4 is 4.74 Å².